The number of benzene rings is 1. The third-order valence-corrected chi connectivity index (χ3v) is 2.49. The quantitative estimate of drug-likeness (QED) is 0.346. The van der Waals surface area contributed by atoms with Crippen LogP contribution in [0.25, 0.3) is 0 Å². The number of hydrogen-bond acceptors (Lipinski definition) is 4. The Balaban J connectivity index is 0.00000220. The van der Waals surface area contributed by atoms with E-state index in [1.807, 2.05) is 39.0 Å². The predicted molar refractivity (Wildman–Crippen MR) is 92.9 cm³/mol. The fourth-order valence-corrected chi connectivity index (χ4v) is 1.72. The molecule has 1 aromatic rings. The molecule has 0 unspecified atom stereocenters. The highest BCUT2D eigenvalue weighted by Crippen LogP contribution is 2.34. The molecular formula is C14H22IN3O3. The highest BCUT2D eigenvalue weighted by molar-refractivity contribution is 14.0. The van der Waals surface area contributed by atoms with Crippen molar-refractivity contribution in [2.75, 3.05) is 19.9 Å². The van der Waals surface area contributed by atoms with Crippen LogP contribution < -0.4 is 25.3 Å². The molecule has 0 radical (unpaired) electrons. The van der Waals surface area contributed by atoms with Crippen molar-refractivity contribution in [1.29, 1.82) is 0 Å². The lowest BCUT2D eigenvalue weighted by Crippen LogP contribution is -2.45. The molecule has 7 heteroatoms. The molecule has 0 fully saturated rings. The number of halogens is 1. The van der Waals surface area contributed by atoms with E-state index in [-0.39, 0.29) is 36.3 Å². The number of guanidine groups is 1. The Morgan fingerprint density at radius 3 is 2.76 bits per heavy atom. The van der Waals surface area contributed by atoms with Crippen LogP contribution in [0.4, 0.5) is 0 Å². The number of nitrogens with two attached hydrogens (primary N) is 1. The maximum Gasteiger partial charge on any atom is 0.231 e. The Kier molecular flexibility index (Phi) is 6.38. The van der Waals surface area contributed by atoms with Crippen LogP contribution in [0.1, 0.15) is 20.8 Å². The molecule has 3 N–H and O–H groups in total. The van der Waals surface area contributed by atoms with Crippen molar-refractivity contribution in [2.24, 2.45) is 10.7 Å². The third-order valence-electron chi connectivity index (χ3n) is 2.49. The van der Waals surface area contributed by atoms with Crippen molar-refractivity contribution in [3.8, 4) is 17.2 Å². The zero-order chi connectivity index (χ0) is 14.6. The monoisotopic (exact) mass is 407 g/mol. The highest BCUT2D eigenvalue weighted by atomic mass is 127. The maximum atomic E-state index is 5.76. The first-order valence-corrected chi connectivity index (χ1v) is 6.54. The van der Waals surface area contributed by atoms with Crippen LogP contribution in [0, 0.1) is 0 Å². The Labute approximate surface area is 142 Å². The number of nitrogens with one attached hydrogen (secondary N) is 1. The molecule has 0 aromatic heterocycles. The first-order chi connectivity index (χ1) is 9.44. The number of nitrogens with zero attached hydrogens (tertiary/aromatic N) is 1. The van der Waals surface area contributed by atoms with E-state index in [0.717, 1.165) is 11.5 Å². The summed E-state index contributed by atoms with van der Waals surface area (Å²) in [7, 11) is 0. The summed E-state index contributed by atoms with van der Waals surface area (Å²) in [4.78, 5) is 4.20. The van der Waals surface area contributed by atoms with E-state index in [9.17, 15) is 0 Å². The molecule has 21 heavy (non-hydrogen) atoms. The van der Waals surface area contributed by atoms with Gasteiger partial charge < -0.3 is 25.3 Å². The molecule has 1 aromatic carbocycles. The smallest absolute Gasteiger partial charge is 0.231 e. The van der Waals surface area contributed by atoms with Crippen molar-refractivity contribution in [1.82, 2.24) is 5.32 Å². The van der Waals surface area contributed by atoms with Crippen LogP contribution in [0.2, 0.25) is 0 Å². The first-order valence-electron chi connectivity index (χ1n) is 6.54. The van der Waals surface area contributed by atoms with Crippen LogP contribution in [0.3, 0.4) is 0 Å². The summed E-state index contributed by atoms with van der Waals surface area (Å²) in [6, 6.07) is 5.48. The molecule has 0 atom stereocenters. The zero-order valence-corrected chi connectivity index (χ0v) is 14.8. The summed E-state index contributed by atoms with van der Waals surface area (Å²) < 4.78 is 16.1. The molecular weight excluding hydrogens is 385 g/mol. The fraction of sp³-hybridized carbons (Fsp3) is 0.500. The number of rotatable bonds is 4. The van der Waals surface area contributed by atoms with Crippen molar-refractivity contribution in [3.63, 3.8) is 0 Å². The van der Waals surface area contributed by atoms with E-state index in [4.69, 9.17) is 19.9 Å². The van der Waals surface area contributed by atoms with Crippen LogP contribution in [-0.2, 0) is 0 Å². The van der Waals surface area contributed by atoms with Gasteiger partial charge in [0.15, 0.2) is 17.5 Å². The second-order valence-electron chi connectivity index (χ2n) is 5.51. The summed E-state index contributed by atoms with van der Waals surface area (Å²) in [5.41, 5.74) is 5.67. The lowest BCUT2D eigenvalue weighted by molar-refractivity contribution is 0.173. The topological polar surface area (TPSA) is 78.1 Å². The van der Waals surface area contributed by atoms with Gasteiger partial charge in [0.2, 0.25) is 6.79 Å². The second-order valence-corrected chi connectivity index (χ2v) is 5.51. The van der Waals surface area contributed by atoms with Crippen molar-refractivity contribution in [3.05, 3.63) is 18.2 Å². The molecule has 1 aliphatic rings. The van der Waals surface area contributed by atoms with Crippen molar-refractivity contribution < 1.29 is 14.2 Å². The van der Waals surface area contributed by atoms with Gasteiger partial charge in [-0.1, -0.05) is 0 Å². The lowest BCUT2D eigenvalue weighted by Gasteiger charge is -2.20. The van der Waals surface area contributed by atoms with Gasteiger partial charge in [0.25, 0.3) is 0 Å². The van der Waals surface area contributed by atoms with Gasteiger partial charge in [-0.3, -0.25) is 0 Å². The molecule has 2 rings (SSSR count). The Morgan fingerprint density at radius 2 is 2.05 bits per heavy atom. The van der Waals surface area contributed by atoms with Gasteiger partial charge >= 0.3 is 0 Å². The van der Waals surface area contributed by atoms with Gasteiger partial charge in [0.1, 0.15) is 12.4 Å². The summed E-state index contributed by atoms with van der Waals surface area (Å²) in [6.07, 6.45) is 0. The molecule has 0 saturated heterocycles. The van der Waals surface area contributed by atoms with Crippen molar-refractivity contribution in [2.45, 2.75) is 26.3 Å². The van der Waals surface area contributed by atoms with Gasteiger partial charge in [-0.15, -0.1) is 24.0 Å². The maximum absolute atomic E-state index is 5.76. The fourth-order valence-electron chi connectivity index (χ4n) is 1.72. The van der Waals surface area contributed by atoms with E-state index in [1.165, 1.54) is 0 Å². The van der Waals surface area contributed by atoms with Crippen LogP contribution in [0.5, 0.6) is 17.2 Å². The Hall–Kier alpha value is -1.38. The van der Waals surface area contributed by atoms with E-state index < -0.39 is 0 Å². The van der Waals surface area contributed by atoms with E-state index >= 15 is 0 Å². The molecule has 0 spiro atoms. The van der Waals surface area contributed by atoms with E-state index in [1.54, 1.807) is 0 Å². The minimum atomic E-state index is -0.0915. The van der Waals surface area contributed by atoms with Gasteiger partial charge in [-0.05, 0) is 32.9 Å². The summed E-state index contributed by atoms with van der Waals surface area (Å²) >= 11 is 0. The second kappa shape index (κ2) is 7.58. The van der Waals surface area contributed by atoms with Crippen LogP contribution in [-0.4, -0.2) is 31.4 Å². The number of aliphatic imine (C=N–C) groups is 1. The number of ether oxygens (including phenoxy) is 3. The highest BCUT2D eigenvalue weighted by Gasteiger charge is 2.13. The molecule has 1 heterocycles. The molecule has 6 nitrogen and oxygen atoms in total. The number of hydrogen-bond donors (Lipinski definition) is 2. The van der Waals surface area contributed by atoms with Gasteiger partial charge in [-0.25, -0.2) is 4.99 Å². The van der Waals surface area contributed by atoms with E-state index in [2.05, 4.69) is 10.3 Å². The third kappa shape index (κ3) is 5.86. The van der Waals surface area contributed by atoms with Gasteiger partial charge in [0.05, 0.1) is 6.54 Å². The van der Waals surface area contributed by atoms with Crippen LogP contribution >= 0.6 is 24.0 Å². The zero-order valence-electron chi connectivity index (χ0n) is 12.5. The summed E-state index contributed by atoms with van der Waals surface area (Å²) in [6.45, 7) is 7.28. The molecule has 0 bridgehead atoms. The molecule has 0 amide bonds. The molecule has 0 aliphatic carbocycles. The largest absolute Gasteiger partial charge is 0.492 e. The summed E-state index contributed by atoms with van der Waals surface area (Å²) in [5, 5.41) is 3.09. The van der Waals surface area contributed by atoms with Gasteiger partial charge in [0, 0.05) is 11.6 Å². The predicted octanol–water partition coefficient (Wildman–Crippen LogP) is 2.11. The minimum Gasteiger partial charge on any atom is -0.492 e. The molecule has 1 aliphatic heterocycles. The Bertz CT molecular complexity index is 501. The summed E-state index contributed by atoms with van der Waals surface area (Å²) in [5.74, 6) is 2.60. The lowest BCUT2D eigenvalue weighted by atomic mass is 10.1. The standard InChI is InChI=1S/C14H21N3O3.HI/c1-14(2,3)17-13(15)16-6-7-18-10-4-5-11-12(8-10)20-9-19-11;/h4-5,8H,6-7,9H2,1-3H3,(H3,15,16,17);1H. The normalized spacial score (nSPS) is 13.6. The van der Waals surface area contributed by atoms with E-state index in [0.29, 0.717) is 24.9 Å². The molecule has 118 valence electrons. The average Bonchev–Trinajstić information content (AvgIpc) is 2.79. The average molecular weight is 407 g/mol. The Morgan fingerprint density at radius 1 is 1.33 bits per heavy atom. The number of fused-ring (bicyclic) bond motifs is 1. The first kappa shape index (κ1) is 17.7. The van der Waals surface area contributed by atoms with Gasteiger partial charge in [-0.2, -0.15) is 0 Å². The van der Waals surface area contributed by atoms with Crippen molar-refractivity contribution >= 4 is 29.9 Å². The molecule has 0 saturated carbocycles. The minimum absolute atomic E-state index is 0. The SMILES string of the molecule is CC(C)(C)NC(N)=NCCOc1ccc2c(c1)OCO2.I. The van der Waals surface area contributed by atoms with Crippen LogP contribution in [0.15, 0.2) is 23.2 Å².